The van der Waals surface area contributed by atoms with Gasteiger partial charge in [0.1, 0.15) is 0 Å². The number of nitrogens with two attached hydrogens (primary N) is 2. The number of aliphatic hydroxyl groups is 2. The van der Waals surface area contributed by atoms with Gasteiger partial charge >= 0.3 is 0 Å². The Morgan fingerprint density at radius 3 is 0.900 bits per heavy atom. The zero-order chi connectivity index (χ0) is 15.3. The van der Waals surface area contributed by atoms with E-state index in [0.29, 0.717) is 13.2 Å². The van der Waals surface area contributed by atoms with Crippen LogP contribution in [0, 0.1) is 0 Å². The van der Waals surface area contributed by atoms with Crippen LogP contribution in [0.25, 0.3) is 0 Å². The summed E-state index contributed by atoms with van der Waals surface area (Å²) < 4.78 is 0. The number of aliphatic hydroxyl groups excluding tert-OH is 2. The second-order valence-electron chi connectivity index (χ2n) is 5.27. The van der Waals surface area contributed by atoms with E-state index in [1.165, 1.54) is 51.4 Å². The third-order valence-electron chi connectivity index (χ3n) is 3.22. The maximum absolute atomic E-state index is 8.43. The predicted octanol–water partition coefficient (Wildman–Crippen LogP) is 2.56. The van der Waals surface area contributed by atoms with Gasteiger partial charge in [0.05, 0.1) is 0 Å². The number of unbranched alkanes of at least 4 members (excludes halogenated alkanes) is 10. The summed E-state index contributed by atoms with van der Waals surface area (Å²) in [5.41, 5.74) is 10.7. The van der Waals surface area contributed by atoms with E-state index in [9.17, 15) is 0 Å². The molecule has 4 nitrogen and oxygen atoms in total. The topological polar surface area (TPSA) is 92.5 Å². The van der Waals surface area contributed by atoms with Crippen LogP contribution in [0.5, 0.6) is 0 Å². The van der Waals surface area contributed by atoms with Crippen molar-refractivity contribution in [1.29, 1.82) is 0 Å². The first-order valence-corrected chi connectivity index (χ1v) is 8.45. The van der Waals surface area contributed by atoms with E-state index in [1.807, 2.05) is 0 Å². The van der Waals surface area contributed by atoms with Crippen LogP contribution in [-0.2, 0) is 0 Å². The van der Waals surface area contributed by atoms with Crippen LogP contribution < -0.4 is 11.5 Å². The molecule has 0 saturated heterocycles. The fourth-order valence-electron chi connectivity index (χ4n) is 1.93. The third-order valence-corrected chi connectivity index (χ3v) is 3.22. The average Bonchev–Trinajstić information content (AvgIpc) is 2.47. The highest BCUT2D eigenvalue weighted by Gasteiger charge is 1.88. The van der Waals surface area contributed by atoms with E-state index in [2.05, 4.69) is 0 Å². The van der Waals surface area contributed by atoms with Crippen molar-refractivity contribution in [2.45, 2.75) is 77.0 Å². The lowest BCUT2D eigenvalue weighted by Crippen LogP contribution is -1.99. The lowest BCUT2D eigenvalue weighted by molar-refractivity contribution is 0.275. The normalized spacial score (nSPS) is 10.2. The van der Waals surface area contributed by atoms with Crippen molar-refractivity contribution < 1.29 is 10.2 Å². The first kappa shape index (κ1) is 22.1. The monoisotopic (exact) mass is 290 g/mol. The third kappa shape index (κ3) is 26.4. The molecule has 4 heteroatoms. The lowest BCUT2D eigenvalue weighted by Gasteiger charge is -1.97. The summed E-state index contributed by atoms with van der Waals surface area (Å²) in [4.78, 5) is 0. The molecule has 124 valence electrons. The van der Waals surface area contributed by atoms with Gasteiger partial charge in [0, 0.05) is 13.2 Å². The first-order chi connectivity index (χ1) is 9.83. The molecule has 0 radical (unpaired) electrons. The summed E-state index contributed by atoms with van der Waals surface area (Å²) in [7, 11) is 0. The molecule has 0 unspecified atom stereocenters. The minimum absolute atomic E-state index is 0.319. The Kier molecular flexibility index (Phi) is 26.4. The minimum atomic E-state index is 0.319. The van der Waals surface area contributed by atoms with Crippen molar-refractivity contribution in [3.05, 3.63) is 0 Å². The van der Waals surface area contributed by atoms with Gasteiger partial charge in [-0.15, -0.1) is 0 Å². The molecule has 20 heavy (non-hydrogen) atoms. The van der Waals surface area contributed by atoms with Gasteiger partial charge in [-0.05, 0) is 38.8 Å². The van der Waals surface area contributed by atoms with Crippen molar-refractivity contribution in [2.24, 2.45) is 11.5 Å². The van der Waals surface area contributed by atoms with Crippen molar-refractivity contribution in [1.82, 2.24) is 0 Å². The van der Waals surface area contributed by atoms with Crippen LogP contribution in [0.1, 0.15) is 77.0 Å². The number of hydrogen-bond acceptors (Lipinski definition) is 4. The Morgan fingerprint density at radius 1 is 0.400 bits per heavy atom. The summed E-state index contributed by atoms with van der Waals surface area (Å²) in [6, 6.07) is 0. The Bertz CT molecular complexity index is 114. The molecular formula is C16H38N2O2. The van der Waals surface area contributed by atoms with Crippen LogP contribution in [-0.4, -0.2) is 36.5 Å². The van der Waals surface area contributed by atoms with E-state index in [1.54, 1.807) is 0 Å². The maximum atomic E-state index is 8.43. The molecule has 0 rings (SSSR count). The van der Waals surface area contributed by atoms with Gasteiger partial charge in [0.2, 0.25) is 0 Å². The Hall–Kier alpha value is -0.160. The van der Waals surface area contributed by atoms with Crippen LogP contribution in [0.3, 0.4) is 0 Å². The summed E-state index contributed by atoms with van der Waals surface area (Å²) in [5.74, 6) is 0. The summed E-state index contributed by atoms with van der Waals surface area (Å²) in [5, 5.41) is 16.9. The molecule has 0 aromatic rings. The number of hydrogen-bond donors (Lipinski definition) is 4. The Labute approximate surface area is 125 Å². The van der Waals surface area contributed by atoms with Crippen molar-refractivity contribution in [2.75, 3.05) is 26.3 Å². The van der Waals surface area contributed by atoms with Crippen molar-refractivity contribution in [3.63, 3.8) is 0 Å². The lowest BCUT2D eigenvalue weighted by atomic mass is 10.1. The van der Waals surface area contributed by atoms with Crippen LogP contribution in [0.2, 0.25) is 0 Å². The highest BCUT2D eigenvalue weighted by Crippen LogP contribution is 2.04. The van der Waals surface area contributed by atoms with E-state index >= 15 is 0 Å². The molecule has 0 aromatic carbocycles. The van der Waals surface area contributed by atoms with Gasteiger partial charge in [0.25, 0.3) is 0 Å². The Balaban J connectivity index is 0. The van der Waals surface area contributed by atoms with Crippen molar-refractivity contribution in [3.8, 4) is 0 Å². The predicted molar refractivity (Wildman–Crippen MR) is 87.7 cm³/mol. The van der Waals surface area contributed by atoms with Gasteiger partial charge in [-0.1, -0.05) is 51.4 Å². The highest BCUT2D eigenvalue weighted by atomic mass is 16.3. The highest BCUT2D eigenvalue weighted by molar-refractivity contribution is 4.45. The zero-order valence-electron chi connectivity index (χ0n) is 13.4. The molecule has 0 atom stereocenters. The largest absolute Gasteiger partial charge is 0.396 e. The molecular weight excluding hydrogens is 252 g/mol. The fraction of sp³-hybridized carbons (Fsp3) is 1.00. The maximum Gasteiger partial charge on any atom is 0.0431 e. The molecule has 0 saturated carbocycles. The van der Waals surface area contributed by atoms with E-state index in [0.717, 1.165) is 38.8 Å². The van der Waals surface area contributed by atoms with Crippen molar-refractivity contribution >= 4 is 0 Å². The average molecular weight is 290 g/mol. The summed E-state index contributed by atoms with van der Waals surface area (Å²) in [6.45, 7) is 2.33. The van der Waals surface area contributed by atoms with E-state index < -0.39 is 0 Å². The molecule has 0 bridgehead atoms. The SMILES string of the molecule is NCCCCCCCCN.OCCCCCCCCO. The van der Waals surface area contributed by atoms with Gasteiger partial charge in [-0.2, -0.15) is 0 Å². The molecule has 0 aliphatic carbocycles. The molecule has 0 aromatic heterocycles. The fourth-order valence-corrected chi connectivity index (χ4v) is 1.93. The second-order valence-corrected chi connectivity index (χ2v) is 5.27. The quantitative estimate of drug-likeness (QED) is 0.370. The smallest absolute Gasteiger partial charge is 0.0431 e. The van der Waals surface area contributed by atoms with Crippen LogP contribution in [0.15, 0.2) is 0 Å². The molecule has 0 heterocycles. The zero-order valence-corrected chi connectivity index (χ0v) is 13.4. The molecule has 0 aliphatic heterocycles. The molecule has 0 fully saturated rings. The van der Waals surface area contributed by atoms with E-state index in [4.69, 9.17) is 21.7 Å². The molecule has 6 N–H and O–H groups in total. The van der Waals surface area contributed by atoms with Gasteiger partial charge in [-0.25, -0.2) is 0 Å². The minimum Gasteiger partial charge on any atom is -0.396 e. The van der Waals surface area contributed by atoms with Gasteiger partial charge < -0.3 is 21.7 Å². The first-order valence-electron chi connectivity index (χ1n) is 8.45. The summed E-state index contributed by atoms with van der Waals surface area (Å²) in [6.07, 6.45) is 14.1. The molecule has 0 amide bonds. The van der Waals surface area contributed by atoms with Gasteiger partial charge in [-0.3, -0.25) is 0 Å². The van der Waals surface area contributed by atoms with E-state index in [-0.39, 0.29) is 0 Å². The second kappa shape index (κ2) is 23.9. The van der Waals surface area contributed by atoms with Gasteiger partial charge in [0.15, 0.2) is 0 Å². The van der Waals surface area contributed by atoms with Crippen LogP contribution >= 0.6 is 0 Å². The Morgan fingerprint density at radius 2 is 0.650 bits per heavy atom. The summed E-state index contributed by atoms with van der Waals surface area (Å²) >= 11 is 0. The number of rotatable bonds is 14. The molecule has 0 spiro atoms. The molecule has 0 aliphatic rings. The van der Waals surface area contributed by atoms with Crippen LogP contribution in [0.4, 0.5) is 0 Å². The standard InChI is InChI=1S/C8H20N2.C8H18O2/c2*9-7-5-3-1-2-4-6-8-10/h1-10H2;9-10H,1-8H2.